The Morgan fingerprint density at radius 1 is 1.50 bits per heavy atom. The Bertz CT molecular complexity index is 505. The van der Waals surface area contributed by atoms with Crippen molar-refractivity contribution >= 4 is 27.4 Å². The van der Waals surface area contributed by atoms with Gasteiger partial charge >= 0.3 is 0 Å². The predicted octanol–water partition coefficient (Wildman–Crippen LogP) is 2.20. The molecule has 0 aliphatic carbocycles. The van der Waals surface area contributed by atoms with Crippen LogP contribution in [0.5, 0.6) is 0 Å². The van der Waals surface area contributed by atoms with E-state index in [4.69, 9.17) is 4.74 Å². The quantitative estimate of drug-likeness (QED) is 0.867. The Hall–Kier alpha value is -1.20. The third kappa shape index (κ3) is 1.66. The molecule has 1 saturated heterocycles. The van der Waals surface area contributed by atoms with E-state index in [0.29, 0.717) is 6.04 Å². The van der Waals surface area contributed by atoms with Gasteiger partial charge in [0.05, 0.1) is 22.9 Å². The SMILES string of the molecule is Cc1csc2c(NC3CCOC3)ncnc12. The second kappa shape index (κ2) is 3.99. The number of rotatable bonds is 2. The zero-order valence-electron chi connectivity index (χ0n) is 9.06. The number of thiophene rings is 1. The summed E-state index contributed by atoms with van der Waals surface area (Å²) in [6.07, 6.45) is 2.68. The van der Waals surface area contributed by atoms with Crippen molar-refractivity contribution in [3.8, 4) is 0 Å². The lowest BCUT2D eigenvalue weighted by atomic mass is 10.2. The van der Waals surface area contributed by atoms with E-state index in [9.17, 15) is 0 Å². The molecule has 2 aromatic heterocycles. The van der Waals surface area contributed by atoms with E-state index >= 15 is 0 Å². The van der Waals surface area contributed by atoms with Crippen LogP contribution in [0.3, 0.4) is 0 Å². The Morgan fingerprint density at radius 2 is 2.44 bits per heavy atom. The fraction of sp³-hybridized carbons (Fsp3) is 0.455. The van der Waals surface area contributed by atoms with Crippen molar-refractivity contribution in [3.63, 3.8) is 0 Å². The maximum absolute atomic E-state index is 5.34. The molecule has 0 radical (unpaired) electrons. The van der Waals surface area contributed by atoms with Crippen LogP contribution < -0.4 is 5.32 Å². The van der Waals surface area contributed by atoms with Crippen LogP contribution in [0.4, 0.5) is 5.82 Å². The van der Waals surface area contributed by atoms with E-state index < -0.39 is 0 Å². The van der Waals surface area contributed by atoms with Gasteiger partial charge in [-0.3, -0.25) is 0 Å². The highest BCUT2D eigenvalue weighted by Gasteiger charge is 2.17. The van der Waals surface area contributed by atoms with E-state index in [1.165, 1.54) is 5.56 Å². The van der Waals surface area contributed by atoms with Gasteiger partial charge in [0.25, 0.3) is 0 Å². The maximum atomic E-state index is 5.34. The minimum Gasteiger partial charge on any atom is -0.379 e. The molecule has 5 heteroatoms. The monoisotopic (exact) mass is 235 g/mol. The minimum atomic E-state index is 0.389. The van der Waals surface area contributed by atoms with Crippen molar-refractivity contribution in [3.05, 3.63) is 17.3 Å². The van der Waals surface area contributed by atoms with Gasteiger partial charge in [-0.2, -0.15) is 0 Å². The molecule has 1 N–H and O–H groups in total. The Kier molecular flexibility index (Phi) is 2.49. The zero-order chi connectivity index (χ0) is 11.0. The molecule has 0 spiro atoms. The third-order valence-corrected chi connectivity index (χ3v) is 3.90. The van der Waals surface area contributed by atoms with E-state index in [2.05, 4.69) is 27.6 Å². The first-order valence-electron chi connectivity index (χ1n) is 5.37. The predicted molar refractivity (Wildman–Crippen MR) is 65.0 cm³/mol. The van der Waals surface area contributed by atoms with Gasteiger partial charge in [0.2, 0.25) is 0 Å². The van der Waals surface area contributed by atoms with Gasteiger partial charge < -0.3 is 10.1 Å². The molecule has 3 heterocycles. The molecule has 1 fully saturated rings. The molecule has 84 valence electrons. The van der Waals surface area contributed by atoms with Crippen LogP contribution in [0, 0.1) is 6.92 Å². The number of aryl methyl sites for hydroxylation is 1. The number of aromatic nitrogens is 2. The number of ether oxygens (including phenoxy) is 1. The Balaban J connectivity index is 1.96. The highest BCUT2D eigenvalue weighted by Crippen LogP contribution is 2.29. The lowest BCUT2D eigenvalue weighted by Gasteiger charge is -2.11. The van der Waals surface area contributed by atoms with Gasteiger partial charge in [0.15, 0.2) is 0 Å². The van der Waals surface area contributed by atoms with Crippen LogP contribution in [0.2, 0.25) is 0 Å². The summed E-state index contributed by atoms with van der Waals surface area (Å²) in [5.41, 5.74) is 2.27. The molecule has 4 nitrogen and oxygen atoms in total. The fourth-order valence-corrected chi connectivity index (χ4v) is 2.87. The molecule has 1 atom stereocenters. The Labute approximate surface area is 97.7 Å². The second-order valence-electron chi connectivity index (χ2n) is 4.02. The number of fused-ring (bicyclic) bond motifs is 1. The normalized spacial score (nSPS) is 20.4. The fourth-order valence-electron chi connectivity index (χ4n) is 1.91. The first-order valence-corrected chi connectivity index (χ1v) is 6.25. The largest absolute Gasteiger partial charge is 0.379 e. The van der Waals surface area contributed by atoms with Crippen LogP contribution in [0.25, 0.3) is 10.2 Å². The van der Waals surface area contributed by atoms with E-state index in [1.807, 2.05) is 0 Å². The molecule has 0 bridgehead atoms. The molecule has 2 aromatic rings. The molecular formula is C11H13N3OS. The lowest BCUT2D eigenvalue weighted by Crippen LogP contribution is -2.19. The first kappa shape index (κ1) is 9.99. The summed E-state index contributed by atoms with van der Waals surface area (Å²) >= 11 is 1.70. The average Bonchev–Trinajstić information content (AvgIpc) is 2.90. The Morgan fingerprint density at radius 3 is 3.25 bits per heavy atom. The van der Waals surface area contributed by atoms with Crippen molar-refractivity contribution in [1.29, 1.82) is 0 Å². The van der Waals surface area contributed by atoms with Crippen LogP contribution >= 0.6 is 11.3 Å². The van der Waals surface area contributed by atoms with Crippen molar-refractivity contribution in [2.75, 3.05) is 18.5 Å². The van der Waals surface area contributed by atoms with Gasteiger partial charge in [0, 0.05) is 6.61 Å². The van der Waals surface area contributed by atoms with Gasteiger partial charge in [-0.1, -0.05) is 0 Å². The van der Waals surface area contributed by atoms with Gasteiger partial charge in [-0.05, 0) is 24.3 Å². The maximum Gasteiger partial charge on any atom is 0.147 e. The highest BCUT2D eigenvalue weighted by atomic mass is 32.1. The summed E-state index contributed by atoms with van der Waals surface area (Å²) in [5, 5.41) is 5.55. The summed E-state index contributed by atoms with van der Waals surface area (Å²) in [6, 6.07) is 0.389. The van der Waals surface area contributed by atoms with E-state index in [-0.39, 0.29) is 0 Å². The number of anilines is 1. The number of nitrogens with one attached hydrogen (secondary N) is 1. The van der Waals surface area contributed by atoms with Gasteiger partial charge in [-0.25, -0.2) is 9.97 Å². The van der Waals surface area contributed by atoms with Crippen molar-refractivity contribution in [2.45, 2.75) is 19.4 Å². The van der Waals surface area contributed by atoms with Crippen molar-refractivity contribution < 1.29 is 4.74 Å². The van der Waals surface area contributed by atoms with Gasteiger partial charge in [-0.15, -0.1) is 11.3 Å². The lowest BCUT2D eigenvalue weighted by molar-refractivity contribution is 0.195. The first-order chi connectivity index (χ1) is 7.84. The highest BCUT2D eigenvalue weighted by molar-refractivity contribution is 7.18. The molecule has 1 unspecified atom stereocenters. The molecule has 0 amide bonds. The van der Waals surface area contributed by atoms with Crippen molar-refractivity contribution in [1.82, 2.24) is 9.97 Å². The van der Waals surface area contributed by atoms with Crippen molar-refractivity contribution in [2.24, 2.45) is 0 Å². The second-order valence-corrected chi connectivity index (χ2v) is 4.90. The number of nitrogens with zero attached hydrogens (tertiary/aromatic N) is 2. The van der Waals surface area contributed by atoms with Crippen LogP contribution in [-0.4, -0.2) is 29.2 Å². The average molecular weight is 235 g/mol. The molecule has 16 heavy (non-hydrogen) atoms. The summed E-state index contributed by atoms with van der Waals surface area (Å²) in [7, 11) is 0. The molecule has 1 aliphatic rings. The van der Waals surface area contributed by atoms with Crippen LogP contribution in [0.1, 0.15) is 12.0 Å². The molecule has 3 rings (SSSR count). The molecule has 1 aliphatic heterocycles. The minimum absolute atomic E-state index is 0.389. The zero-order valence-corrected chi connectivity index (χ0v) is 9.88. The number of hydrogen-bond donors (Lipinski definition) is 1. The smallest absolute Gasteiger partial charge is 0.147 e. The summed E-state index contributed by atoms with van der Waals surface area (Å²) in [6.45, 7) is 3.69. The van der Waals surface area contributed by atoms with Crippen LogP contribution in [-0.2, 0) is 4.74 Å². The molecular weight excluding hydrogens is 222 g/mol. The molecule has 0 aromatic carbocycles. The topological polar surface area (TPSA) is 47.0 Å². The summed E-state index contributed by atoms with van der Waals surface area (Å²) in [4.78, 5) is 8.62. The summed E-state index contributed by atoms with van der Waals surface area (Å²) in [5.74, 6) is 0.943. The molecule has 0 saturated carbocycles. The standard InChI is InChI=1S/C11H13N3OS/c1-7-5-16-10-9(7)12-6-13-11(10)14-8-2-3-15-4-8/h5-6,8H,2-4H2,1H3,(H,12,13,14). The third-order valence-electron chi connectivity index (χ3n) is 2.80. The van der Waals surface area contributed by atoms with Crippen LogP contribution in [0.15, 0.2) is 11.7 Å². The summed E-state index contributed by atoms with van der Waals surface area (Å²) < 4.78 is 6.49. The number of hydrogen-bond acceptors (Lipinski definition) is 5. The van der Waals surface area contributed by atoms with E-state index in [0.717, 1.165) is 35.7 Å². The van der Waals surface area contributed by atoms with Gasteiger partial charge in [0.1, 0.15) is 12.1 Å². The van der Waals surface area contributed by atoms with E-state index in [1.54, 1.807) is 17.7 Å².